The van der Waals surface area contributed by atoms with Gasteiger partial charge in [0, 0.05) is 13.1 Å². The van der Waals surface area contributed by atoms with E-state index in [4.69, 9.17) is 43.6 Å². The molecule has 12 N–H and O–H groups in total. The van der Waals surface area contributed by atoms with Crippen LogP contribution in [0.25, 0.3) is 0 Å². The highest BCUT2D eigenvalue weighted by Gasteiger charge is 2.53. The Kier molecular flexibility index (Phi) is 20.1. The van der Waals surface area contributed by atoms with Crippen LogP contribution in [0.15, 0.2) is 0 Å². The number of carbonyl (C=O) groups is 5. The Labute approximate surface area is 385 Å². The number of nitrogens with two attached hydrogens (primary N) is 1. The van der Waals surface area contributed by atoms with Gasteiger partial charge in [-0.1, -0.05) is 0 Å². The second-order valence-corrected chi connectivity index (χ2v) is 20.6. The molecular weight excluding hydrogens is 876 g/mol. The van der Waals surface area contributed by atoms with Crippen LogP contribution in [0.2, 0.25) is 0 Å². The number of hydrogen-bond donors (Lipinski definition) is 11. The summed E-state index contributed by atoms with van der Waals surface area (Å²) in [5, 5.41) is 69.1. The minimum atomic E-state index is -1.92. The monoisotopic (exact) mass is 953 g/mol. The third-order valence-electron chi connectivity index (χ3n) is 9.96. The fourth-order valence-corrected chi connectivity index (χ4v) is 7.21. The fourth-order valence-electron chi connectivity index (χ4n) is 7.21. The lowest BCUT2D eigenvalue weighted by atomic mass is 9.83. The van der Waals surface area contributed by atoms with E-state index in [9.17, 15) is 49.5 Å². The van der Waals surface area contributed by atoms with Crippen molar-refractivity contribution < 1.29 is 87.4 Å². The van der Waals surface area contributed by atoms with E-state index in [0.29, 0.717) is 6.42 Å². The SMILES string of the molecule is CC(C)(C)OC(=O)NCC[C@H](O)C(=O)N[C@@H]1C[C@H](NC(=O)OC(C)(C)C)C(O[C@H]2OC(CN)CCC2NC(=O)OC(C)(C)C)C(O)[C@H]1O[C@H]1OC(CO)[C@@H](O)[C@H](NC(=O)OC(C)(C)C)C1O. The van der Waals surface area contributed by atoms with Gasteiger partial charge in [-0.25, -0.2) is 19.2 Å². The predicted octanol–water partition coefficient (Wildman–Crippen LogP) is -0.135. The average molecular weight is 953 g/mol. The second kappa shape index (κ2) is 23.4. The van der Waals surface area contributed by atoms with Crippen molar-refractivity contribution in [2.45, 2.75) is 217 Å². The average Bonchev–Trinajstić information content (AvgIpc) is 3.14. The summed E-state index contributed by atoms with van der Waals surface area (Å²) in [5.74, 6) is -1.01. The van der Waals surface area contributed by atoms with Crippen LogP contribution in [0.5, 0.6) is 0 Å². The summed E-state index contributed by atoms with van der Waals surface area (Å²) in [6, 6.07) is -5.12. The van der Waals surface area contributed by atoms with Gasteiger partial charge in [-0.15, -0.1) is 0 Å². The first-order valence-corrected chi connectivity index (χ1v) is 22.2. The molecule has 2 aliphatic heterocycles. The Morgan fingerprint density at radius 3 is 1.59 bits per heavy atom. The maximum absolute atomic E-state index is 13.7. The smallest absolute Gasteiger partial charge is 0.408 e. The molecule has 0 radical (unpaired) electrons. The van der Waals surface area contributed by atoms with E-state index >= 15 is 0 Å². The van der Waals surface area contributed by atoms with Crippen molar-refractivity contribution in [1.29, 1.82) is 0 Å². The van der Waals surface area contributed by atoms with Crippen molar-refractivity contribution in [3.8, 4) is 0 Å². The van der Waals surface area contributed by atoms with E-state index in [1.165, 1.54) is 0 Å². The lowest BCUT2D eigenvalue weighted by Crippen LogP contribution is -2.70. The van der Waals surface area contributed by atoms with Gasteiger partial charge < -0.3 is 95.7 Å². The van der Waals surface area contributed by atoms with Crippen LogP contribution < -0.4 is 32.3 Å². The summed E-state index contributed by atoms with van der Waals surface area (Å²) < 4.78 is 46.2. The highest BCUT2D eigenvalue weighted by atomic mass is 16.7. The molecule has 3 rings (SSSR count). The fraction of sp³-hybridized carbons (Fsp3) is 0.881. The summed E-state index contributed by atoms with van der Waals surface area (Å²) in [4.78, 5) is 65.2. The molecule has 1 aliphatic carbocycles. The molecule has 66 heavy (non-hydrogen) atoms. The second-order valence-electron chi connectivity index (χ2n) is 20.6. The molecule has 0 bridgehead atoms. The number of aliphatic hydroxyl groups is 5. The first-order valence-electron chi connectivity index (χ1n) is 22.2. The molecule has 3 aliphatic rings. The number of hydrogen-bond acceptors (Lipinski definition) is 19. The first kappa shape index (κ1) is 56.5. The number of aliphatic hydroxyl groups excluding tert-OH is 5. The molecule has 0 aromatic carbocycles. The minimum absolute atomic E-state index is 0.0502. The van der Waals surface area contributed by atoms with Crippen LogP contribution in [0, 0.1) is 0 Å². The molecule has 6 unspecified atom stereocenters. The molecule has 2 saturated heterocycles. The summed E-state index contributed by atoms with van der Waals surface area (Å²) >= 11 is 0. The molecule has 1 saturated carbocycles. The normalized spacial score (nSPS) is 31.3. The zero-order valence-corrected chi connectivity index (χ0v) is 40.2. The molecule has 5 amide bonds. The zero-order chi connectivity index (χ0) is 50.1. The Morgan fingerprint density at radius 1 is 0.621 bits per heavy atom. The predicted molar refractivity (Wildman–Crippen MR) is 231 cm³/mol. The molecule has 0 aromatic rings. The Balaban J connectivity index is 2.07. The molecule has 24 nitrogen and oxygen atoms in total. The Morgan fingerprint density at radius 2 is 1.09 bits per heavy atom. The number of ether oxygens (including phenoxy) is 8. The van der Waals surface area contributed by atoms with E-state index in [1.54, 1.807) is 83.1 Å². The van der Waals surface area contributed by atoms with Crippen LogP contribution in [0.4, 0.5) is 19.2 Å². The van der Waals surface area contributed by atoms with Gasteiger partial charge >= 0.3 is 24.4 Å². The van der Waals surface area contributed by atoms with Crippen molar-refractivity contribution in [2.24, 2.45) is 5.73 Å². The van der Waals surface area contributed by atoms with E-state index in [2.05, 4.69) is 26.6 Å². The standard InChI is InChI=1S/C42H76N6O18/c1-39(2,3)63-35(55)44-16-15-24(50)32(54)45-22-17-23(47-37(57)65-41(7,8)9)31(61-33-21(14-13-20(18-43)59-33)46-36(56)64-40(4,5)6)29(53)30(22)62-34-28(52)26(27(51)25(19-49)60-34)48-38(58)66-42(10,11)12/h20-31,33-34,49-53H,13-19,43H2,1-12H3,(H,44,55)(H,45,54)(H,46,56)(H,47,57)(H,48,58)/t20?,21?,22-,23+,24+,25?,26+,27-,28?,29?,30+,31?,33-,34-/m1/s1. The van der Waals surface area contributed by atoms with E-state index in [-0.39, 0.29) is 32.4 Å². The van der Waals surface area contributed by atoms with Gasteiger partial charge in [-0.3, -0.25) is 4.79 Å². The van der Waals surface area contributed by atoms with Crippen LogP contribution in [0.3, 0.4) is 0 Å². The third kappa shape index (κ3) is 18.3. The van der Waals surface area contributed by atoms with Crippen LogP contribution >= 0.6 is 0 Å². The van der Waals surface area contributed by atoms with Gasteiger partial charge in [0.25, 0.3) is 0 Å². The van der Waals surface area contributed by atoms with Crippen LogP contribution in [-0.4, -0.2) is 183 Å². The Bertz CT molecular complexity index is 1610. The number of rotatable bonds is 14. The summed E-state index contributed by atoms with van der Waals surface area (Å²) in [7, 11) is 0. The lowest BCUT2D eigenvalue weighted by Gasteiger charge is -2.49. The number of nitrogens with one attached hydrogen (secondary N) is 5. The largest absolute Gasteiger partial charge is 0.444 e. The molecule has 14 atom stereocenters. The van der Waals surface area contributed by atoms with Crippen LogP contribution in [-0.2, 0) is 42.7 Å². The van der Waals surface area contributed by atoms with Gasteiger partial charge in [0.15, 0.2) is 12.6 Å². The van der Waals surface area contributed by atoms with Crippen molar-refractivity contribution in [2.75, 3.05) is 19.7 Å². The van der Waals surface area contributed by atoms with Gasteiger partial charge in [0.1, 0.15) is 65.1 Å². The van der Waals surface area contributed by atoms with Crippen LogP contribution in [0.1, 0.15) is 109 Å². The first-order chi connectivity index (χ1) is 30.3. The highest BCUT2D eigenvalue weighted by molar-refractivity contribution is 5.81. The topological polar surface area (TPSA) is 347 Å². The Hall–Kier alpha value is -3.85. The van der Waals surface area contributed by atoms with Crippen molar-refractivity contribution in [1.82, 2.24) is 26.6 Å². The summed E-state index contributed by atoms with van der Waals surface area (Å²) in [5.41, 5.74) is 2.30. The van der Waals surface area contributed by atoms with Gasteiger partial charge in [-0.05, 0) is 109 Å². The lowest BCUT2D eigenvalue weighted by molar-refractivity contribution is -0.316. The maximum atomic E-state index is 13.7. The zero-order valence-electron chi connectivity index (χ0n) is 40.2. The van der Waals surface area contributed by atoms with E-state index < -0.39 is 145 Å². The van der Waals surface area contributed by atoms with Crippen molar-refractivity contribution in [3.63, 3.8) is 0 Å². The quantitative estimate of drug-likeness (QED) is 0.101. The molecule has 2 heterocycles. The molecular formula is C42H76N6O18. The molecule has 0 aromatic heterocycles. The van der Waals surface area contributed by atoms with E-state index in [0.717, 1.165) is 0 Å². The van der Waals surface area contributed by atoms with E-state index in [1.807, 2.05) is 0 Å². The van der Waals surface area contributed by atoms with Gasteiger partial charge in [0.05, 0.1) is 36.9 Å². The highest BCUT2D eigenvalue weighted by Crippen LogP contribution is 2.33. The molecule has 24 heteroatoms. The molecule has 0 spiro atoms. The molecule has 3 fully saturated rings. The number of amides is 5. The van der Waals surface area contributed by atoms with Gasteiger partial charge in [0.2, 0.25) is 5.91 Å². The van der Waals surface area contributed by atoms with Crippen molar-refractivity contribution >= 4 is 30.3 Å². The summed E-state index contributed by atoms with van der Waals surface area (Å²) in [6.07, 6.45) is -19.4. The van der Waals surface area contributed by atoms with Gasteiger partial charge in [-0.2, -0.15) is 0 Å². The molecule has 382 valence electrons. The van der Waals surface area contributed by atoms with Crippen molar-refractivity contribution in [3.05, 3.63) is 0 Å². The summed E-state index contributed by atoms with van der Waals surface area (Å²) in [6.45, 7) is 18.7. The minimum Gasteiger partial charge on any atom is -0.444 e. The number of alkyl carbamates (subject to hydrolysis) is 4. The third-order valence-corrected chi connectivity index (χ3v) is 9.96. The maximum Gasteiger partial charge on any atom is 0.408 e. The number of carbonyl (C=O) groups excluding carboxylic acids is 5.